The van der Waals surface area contributed by atoms with Crippen molar-refractivity contribution < 1.29 is 59.5 Å². The van der Waals surface area contributed by atoms with Gasteiger partial charge in [0.2, 0.25) is 0 Å². The van der Waals surface area contributed by atoms with Gasteiger partial charge in [0.05, 0.1) is 25.9 Å². The predicted molar refractivity (Wildman–Crippen MR) is 122 cm³/mol. The maximum atomic E-state index is 11.9. The van der Waals surface area contributed by atoms with Crippen LogP contribution < -0.4 is 0 Å². The monoisotopic (exact) mass is 518 g/mol. The van der Waals surface area contributed by atoms with Crippen LogP contribution in [-0.4, -0.2) is 122 Å². The van der Waals surface area contributed by atoms with Crippen LogP contribution in [0.3, 0.4) is 0 Å². The largest absolute Gasteiger partial charge is 0.393 e. The maximum absolute atomic E-state index is 11.9. The van der Waals surface area contributed by atoms with E-state index in [4.69, 9.17) is 18.9 Å². The van der Waals surface area contributed by atoms with E-state index < -0.39 is 79.0 Å². The molecule has 2 saturated heterocycles. The molecule has 0 amide bonds. The lowest BCUT2D eigenvalue weighted by molar-refractivity contribution is -0.314. The maximum Gasteiger partial charge on any atom is 0.187 e. The number of ketones is 1. The van der Waals surface area contributed by atoms with Gasteiger partial charge in [-0.05, 0) is 31.6 Å². The summed E-state index contributed by atoms with van der Waals surface area (Å²) >= 11 is 0. The van der Waals surface area contributed by atoms with E-state index in [0.29, 0.717) is 5.57 Å². The molecule has 7 N–H and O–H groups in total. The molecule has 0 aromatic heterocycles. The molecule has 2 heterocycles. The molecule has 206 valence electrons. The first-order valence-corrected chi connectivity index (χ1v) is 11.9. The van der Waals surface area contributed by atoms with Crippen molar-refractivity contribution in [1.29, 1.82) is 0 Å². The van der Waals surface area contributed by atoms with Crippen molar-refractivity contribution in [3.63, 3.8) is 0 Å². The molecular formula is C24H38O12. The number of ether oxygens (including phenoxy) is 4. The number of hydrogen-bond acceptors (Lipinski definition) is 12. The first-order chi connectivity index (χ1) is 16.6. The lowest BCUT2D eigenvalue weighted by Crippen LogP contribution is -2.60. The minimum absolute atomic E-state index is 0.0732. The molecule has 0 spiro atoms. The van der Waals surface area contributed by atoms with Gasteiger partial charge >= 0.3 is 0 Å². The van der Waals surface area contributed by atoms with E-state index in [0.717, 1.165) is 0 Å². The second-order valence-electron chi connectivity index (χ2n) is 10.6. The first kappa shape index (κ1) is 29.3. The fourth-order valence-corrected chi connectivity index (χ4v) is 4.69. The minimum Gasteiger partial charge on any atom is -0.393 e. The van der Waals surface area contributed by atoms with Gasteiger partial charge in [-0.1, -0.05) is 19.9 Å². The quantitative estimate of drug-likeness (QED) is 0.173. The lowest BCUT2D eigenvalue weighted by atomic mass is 9.64. The summed E-state index contributed by atoms with van der Waals surface area (Å²) in [5, 5.41) is 71.6. The standard InChI is InChI=1S/C24H38O12/c1-12-7-14(26)8-22(3,4)24(12,32)6-5-13(2)35-20-18(29)17(28)16(27)15(36-20)9-33-21-19(30)23(31,10-25)11-34-21/h5-7,13,15-21,25,27-32H,8-11H2,1-4H3/b6-5+/t13-,15-,16-,17+,18-,19+,20-,21-,23-,24-/m1/s1. The Hall–Kier alpha value is -1.29. The Morgan fingerprint density at radius 3 is 2.39 bits per heavy atom. The highest BCUT2D eigenvalue weighted by Gasteiger charge is 2.50. The number of hydrogen-bond donors (Lipinski definition) is 7. The highest BCUT2D eigenvalue weighted by atomic mass is 16.7. The molecule has 10 atom stereocenters. The Kier molecular flexibility index (Phi) is 8.80. The summed E-state index contributed by atoms with van der Waals surface area (Å²) < 4.78 is 21.9. The smallest absolute Gasteiger partial charge is 0.187 e. The van der Waals surface area contributed by atoms with Crippen LogP contribution in [-0.2, 0) is 23.7 Å². The highest BCUT2D eigenvalue weighted by Crippen LogP contribution is 2.44. The van der Waals surface area contributed by atoms with E-state index in [1.54, 1.807) is 33.8 Å². The molecule has 0 unspecified atom stereocenters. The molecular weight excluding hydrogens is 480 g/mol. The number of carbonyl (C=O) groups is 1. The second kappa shape index (κ2) is 10.8. The third-order valence-electron chi connectivity index (χ3n) is 7.26. The Balaban J connectivity index is 1.64. The zero-order chi connectivity index (χ0) is 27.1. The van der Waals surface area contributed by atoms with Crippen LogP contribution in [0, 0.1) is 5.41 Å². The van der Waals surface area contributed by atoms with Gasteiger partial charge in [0, 0.05) is 11.8 Å². The number of aliphatic hydroxyl groups is 7. The predicted octanol–water partition coefficient (Wildman–Crippen LogP) is -2.11. The van der Waals surface area contributed by atoms with Gasteiger partial charge in [0.25, 0.3) is 0 Å². The van der Waals surface area contributed by atoms with Crippen LogP contribution in [0.4, 0.5) is 0 Å². The van der Waals surface area contributed by atoms with E-state index in [9.17, 15) is 40.5 Å². The fraction of sp³-hybridized carbons (Fsp3) is 0.792. The van der Waals surface area contributed by atoms with Gasteiger partial charge in [0.1, 0.15) is 41.7 Å². The van der Waals surface area contributed by atoms with Crippen LogP contribution in [0.25, 0.3) is 0 Å². The van der Waals surface area contributed by atoms with Crippen molar-refractivity contribution in [3.05, 3.63) is 23.8 Å². The van der Waals surface area contributed by atoms with Gasteiger partial charge < -0.3 is 54.7 Å². The number of rotatable bonds is 8. The molecule has 0 saturated carbocycles. The molecule has 36 heavy (non-hydrogen) atoms. The van der Waals surface area contributed by atoms with Crippen LogP contribution in [0.2, 0.25) is 0 Å². The van der Waals surface area contributed by atoms with Gasteiger partial charge in [0.15, 0.2) is 18.4 Å². The van der Waals surface area contributed by atoms with Crippen LogP contribution in [0.5, 0.6) is 0 Å². The lowest BCUT2D eigenvalue weighted by Gasteiger charge is -2.44. The van der Waals surface area contributed by atoms with E-state index in [-0.39, 0.29) is 18.8 Å². The fourth-order valence-electron chi connectivity index (χ4n) is 4.69. The molecule has 0 bridgehead atoms. The van der Waals surface area contributed by atoms with Crippen molar-refractivity contribution >= 4 is 5.78 Å². The van der Waals surface area contributed by atoms with Crippen molar-refractivity contribution in [2.45, 2.75) is 94.5 Å². The zero-order valence-corrected chi connectivity index (χ0v) is 20.9. The van der Waals surface area contributed by atoms with E-state index in [2.05, 4.69) is 0 Å². The van der Waals surface area contributed by atoms with Gasteiger partial charge in [-0.3, -0.25) is 4.79 Å². The topological polar surface area (TPSA) is 196 Å². The summed E-state index contributed by atoms with van der Waals surface area (Å²) in [5.74, 6) is -0.0732. The summed E-state index contributed by atoms with van der Waals surface area (Å²) in [5.41, 5.74) is -3.58. The highest BCUT2D eigenvalue weighted by molar-refractivity contribution is 5.92. The summed E-state index contributed by atoms with van der Waals surface area (Å²) in [6.45, 7) is 5.33. The molecule has 2 aliphatic heterocycles. The normalized spacial score (nSPS) is 44.1. The summed E-state index contributed by atoms with van der Waals surface area (Å²) in [6, 6.07) is 0. The van der Waals surface area contributed by atoms with Crippen molar-refractivity contribution in [3.8, 4) is 0 Å². The van der Waals surface area contributed by atoms with Crippen LogP contribution in [0.15, 0.2) is 23.8 Å². The van der Waals surface area contributed by atoms with E-state index in [1.807, 2.05) is 0 Å². The number of aliphatic hydroxyl groups excluding tert-OH is 5. The molecule has 1 aliphatic carbocycles. The summed E-state index contributed by atoms with van der Waals surface area (Å²) in [4.78, 5) is 11.9. The summed E-state index contributed by atoms with van der Waals surface area (Å²) in [6.07, 6.45) is -6.34. The Morgan fingerprint density at radius 1 is 1.14 bits per heavy atom. The third kappa shape index (κ3) is 5.59. The molecule has 12 heteroatoms. The van der Waals surface area contributed by atoms with Crippen molar-refractivity contribution in [1.82, 2.24) is 0 Å². The first-order valence-electron chi connectivity index (χ1n) is 11.9. The van der Waals surface area contributed by atoms with Crippen LogP contribution >= 0.6 is 0 Å². The molecule has 2 fully saturated rings. The van der Waals surface area contributed by atoms with Gasteiger partial charge in [-0.2, -0.15) is 0 Å². The molecule has 3 aliphatic rings. The minimum atomic E-state index is -1.89. The van der Waals surface area contributed by atoms with E-state index >= 15 is 0 Å². The Bertz CT molecular complexity index is 858. The third-order valence-corrected chi connectivity index (χ3v) is 7.26. The van der Waals surface area contributed by atoms with Gasteiger partial charge in [-0.25, -0.2) is 0 Å². The van der Waals surface area contributed by atoms with E-state index in [1.165, 1.54) is 12.2 Å². The zero-order valence-electron chi connectivity index (χ0n) is 20.9. The van der Waals surface area contributed by atoms with Crippen molar-refractivity contribution in [2.75, 3.05) is 19.8 Å². The molecule has 3 rings (SSSR count). The van der Waals surface area contributed by atoms with Crippen molar-refractivity contribution in [2.24, 2.45) is 5.41 Å². The summed E-state index contributed by atoms with van der Waals surface area (Å²) in [7, 11) is 0. The second-order valence-corrected chi connectivity index (χ2v) is 10.6. The molecule has 12 nitrogen and oxygen atoms in total. The Morgan fingerprint density at radius 2 is 1.81 bits per heavy atom. The number of allylic oxidation sites excluding steroid dienone is 1. The molecule has 0 aromatic carbocycles. The molecule has 0 radical (unpaired) electrons. The average molecular weight is 519 g/mol. The van der Waals surface area contributed by atoms with Gasteiger partial charge in [-0.15, -0.1) is 0 Å². The van der Waals surface area contributed by atoms with Crippen LogP contribution in [0.1, 0.15) is 34.1 Å². The average Bonchev–Trinajstić information content (AvgIpc) is 3.09. The SMILES string of the molecule is CC1=CC(=O)CC(C)(C)[C@@]1(O)/C=C/[C@@H](C)O[C@@H]1O[C@H](CO[C@@H]2OC[C@](O)(CO)[C@H]2O)[C@@H](O)[C@H](O)[C@H]1O. The number of carbonyl (C=O) groups excluding carboxylic acids is 1. The molecule has 0 aromatic rings. The Labute approximate surface area is 209 Å².